The maximum absolute atomic E-state index is 13.1. The van der Waals surface area contributed by atoms with Crippen molar-refractivity contribution in [2.75, 3.05) is 31.5 Å². The lowest BCUT2D eigenvalue weighted by Crippen LogP contribution is -2.48. The topological polar surface area (TPSA) is 82.6 Å². The second-order valence-corrected chi connectivity index (χ2v) is 9.81. The monoisotopic (exact) mass is 430 g/mol. The van der Waals surface area contributed by atoms with Gasteiger partial charge < -0.3 is 5.32 Å². The number of fused-ring (bicyclic) bond motifs is 1. The summed E-state index contributed by atoms with van der Waals surface area (Å²) in [5, 5.41) is 7.14. The normalized spacial score (nSPS) is 16.2. The molecule has 29 heavy (non-hydrogen) atoms. The zero-order valence-electron chi connectivity index (χ0n) is 16.0. The maximum atomic E-state index is 13.1. The number of rotatable bonds is 5. The van der Waals surface area contributed by atoms with Crippen molar-refractivity contribution >= 4 is 43.2 Å². The number of carbonyl (C=O) groups excluding carboxylic acids is 1. The third-order valence-electron chi connectivity index (χ3n) is 4.91. The molecule has 0 atom stereocenters. The highest BCUT2D eigenvalue weighted by Crippen LogP contribution is 2.23. The molecule has 0 saturated carbocycles. The Bertz CT molecular complexity index is 1140. The standard InChI is InChI=1S/C20H22N4O3S2/c1-15(25)21-20-22-18(14-28-20)13-23-8-10-24(11-9-23)29(26,27)19-7-6-16-4-2-3-5-17(16)12-19/h2-7,12,14H,8-11,13H2,1H3,(H,21,22,25). The molecule has 1 aliphatic rings. The summed E-state index contributed by atoms with van der Waals surface area (Å²) in [4.78, 5) is 18.0. The quantitative estimate of drug-likeness (QED) is 0.673. The molecular formula is C20H22N4O3S2. The van der Waals surface area contributed by atoms with E-state index in [1.807, 2.05) is 35.7 Å². The molecule has 2 heterocycles. The minimum atomic E-state index is -3.51. The van der Waals surface area contributed by atoms with Gasteiger partial charge in [0.05, 0.1) is 10.6 Å². The number of amides is 1. The molecule has 0 bridgehead atoms. The molecule has 2 aromatic carbocycles. The van der Waals surface area contributed by atoms with Crippen LogP contribution in [0.4, 0.5) is 5.13 Å². The lowest BCUT2D eigenvalue weighted by Gasteiger charge is -2.33. The molecule has 1 saturated heterocycles. The lowest BCUT2D eigenvalue weighted by molar-refractivity contribution is -0.114. The molecule has 1 N–H and O–H groups in total. The molecule has 1 aromatic heterocycles. The summed E-state index contributed by atoms with van der Waals surface area (Å²) in [6, 6.07) is 13.0. The van der Waals surface area contributed by atoms with E-state index in [4.69, 9.17) is 0 Å². The van der Waals surface area contributed by atoms with E-state index in [1.54, 1.807) is 16.4 Å². The van der Waals surface area contributed by atoms with Gasteiger partial charge in [0.25, 0.3) is 0 Å². The van der Waals surface area contributed by atoms with Crippen LogP contribution in [0, 0.1) is 0 Å². The zero-order valence-corrected chi connectivity index (χ0v) is 17.7. The fraction of sp³-hybridized carbons (Fsp3) is 0.300. The molecule has 1 amide bonds. The maximum Gasteiger partial charge on any atom is 0.243 e. The number of anilines is 1. The molecule has 0 radical (unpaired) electrons. The summed E-state index contributed by atoms with van der Waals surface area (Å²) in [6.45, 7) is 4.26. The molecule has 152 valence electrons. The van der Waals surface area contributed by atoms with Crippen LogP contribution < -0.4 is 5.32 Å². The average Bonchev–Trinajstić information content (AvgIpc) is 3.14. The molecule has 1 fully saturated rings. The summed E-state index contributed by atoms with van der Waals surface area (Å²) in [5.74, 6) is -0.140. The number of piperazine rings is 1. The Morgan fingerprint density at radius 2 is 1.83 bits per heavy atom. The van der Waals surface area contributed by atoms with Crippen LogP contribution in [-0.2, 0) is 21.4 Å². The van der Waals surface area contributed by atoms with Gasteiger partial charge in [-0.2, -0.15) is 4.31 Å². The van der Waals surface area contributed by atoms with Crippen molar-refractivity contribution < 1.29 is 13.2 Å². The van der Waals surface area contributed by atoms with E-state index in [9.17, 15) is 13.2 Å². The van der Waals surface area contributed by atoms with Crippen molar-refractivity contribution in [3.8, 4) is 0 Å². The van der Waals surface area contributed by atoms with Gasteiger partial charge in [0.15, 0.2) is 5.13 Å². The van der Waals surface area contributed by atoms with Crippen molar-refractivity contribution in [1.82, 2.24) is 14.2 Å². The first-order valence-electron chi connectivity index (χ1n) is 9.35. The number of nitrogens with one attached hydrogen (secondary N) is 1. The van der Waals surface area contributed by atoms with E-state index in [0.717, 1.165) is 16.5 Å². The SMILES string of the molecule is CC(=O)Nc1nc(CN2CCN(S(=O)(=O)c3ccc4ccccc4c3)CC2)cs1. The number of hydrogen-bond acceptors (Lipinski definition) is 6. The van der Waals surface area contributed by atoms with E-state index in [0.29, 0.717) is 42.8 Å². The van der Waals surface area contributed by atoms with E-state index in [-0.39, 0.29) is 5.91 Å². The minimum absolute atomic E-state index is 0.140. The van der Waals surface area contributed by atoms with E-state index in [2.05, 4.69) is 15.2 Å². The summed E-state index contributed by atoms with van der Waals surface area (Å²) in [6.07, 6.45) is 0. The summed E-state index contributed by atoms with van der Waals surface area (Å²) in [5.41, 5.74) is 0.879. The Kier molecular flexibility index (Phi) is 5.64. The van der Waals surface area contributed by atoms with Crippen LogP contribution in [0.25, 0.3) is 10.8 Å². The van der Waals surface area contributed by atoms with Crippen LogP contribution in [0.2, 0.25) is 0 Å². The molecular weight excluding hydrogens is 408 g/mol. The number of thiazole rings is 1. The molecule has 0 spiro atoms. The van der Waals surface area contributed by atoms with Crippen LogP contribution in [0.1, 0.15) is 12.6 Å². The largest absolute Gasteiger partial charge is 0.302 e. The van der Waals surface area contributed by atoms with Crippen molar-refractivity contribution in [3.63, 3.8) is 0 Å². The third-order valence-corrected chi connectivity index (χ3v) is 7.61. The van der Waals surface area contributed by atoms with Crippen molar-refractivity contribution in [1.29, 1.82) is 0 Å². The number of carbonyl (C=O) groups is 1. The van der Waals surface area contributed by atoms with Crippen LogP contribution in [0.3, 0.4) is 0 Å². The number of sulfonamides is 1. The summed E-state index contributed by atoms with van der Waals surface area (Å²) >= 11 is 1.39. The fourth-order valence-corrected chi connectivity index (χ4v) is 5.63. The van der Waals surface area contributed by atoms with Gasteiger partial charge in [-0.15, -0.1) is 11.3 Å². The van der Waals surface area contributed by atoms with E-state index >= 15 is 0 Å². The Labute approximate surface area is 174 Å². The fourth-order valence-electron chi connectivity index (χ4n) is 3.42. The number of nitrogens with zero attached hydrogens (tertiary/aromatic N) is 3. The van der Waals surface area contributed by atoms with Crippen molar-refractivity contribution in [2.45, 2.75) is 18.4 Å². The second kappa shape index (κ2) is 8.19. The lowest BCUT2D eigenvalue weighted by atomic mass is 10.1. The second-order valence-electron chi connectivity index (χ2n) is 7.01. The first kappa shape index (κ1) is 20.0. The average molecular weight is 431 g/mol. The van der Waals surface area contributed by atoms with Crippen molar-refractivity contribution in [2.24, 2.45) is 0 Å². The van der Waals surface area contributed by atoms with Gasteiger partial charge in [-0.1, -0.05) is 30.3 Å². The first-order valence-corrected chi connectivity index (χ1v) is 11.7. The molecule has 7 nitrogen and oxygen atoms in total. The van der Waals surface area contributed by atoms with Gasteiger partial charge in [0.1, 0.15) is 0 Å². The van der Waals surface area contributed by atoms with Crippen LogP contribution in [0.5, 0.6) is 0 Å². The molecule has 1 aliphatic heterocycles. The molecule has 3 aromatic rings. The minimum Gasteiger partial charge on any atom is -0.302 e. The van der Waals surface area contributed by atoms with Gasteiger partial charge in [-0.3, -0.25) is 9.69 Å². The van der Waals surface area contributed by atoms with E-state index < -0.39 is 10.0 Å². The van der Waals surface area contributed by atoms with E-state index in [1.165, 1.54) is 18.3 Å². The third kappa shape index (κ3) is 4.48. The highest BCUT2D eigenvalue weighted by Gasteiger charge is 2.28. The Balaban J connectivity index is 1.40. The Morgan fingerprint density at radius 3 is 2.55 bits per heavy atom. The van der Waals surface area contributed by atoms with Crippen molar-refractivity contribution in [3.05, 3.63) is 53.5 Å². The summed E-state index contributed by atoms with van der Waals surface area (Å²) < 4.78 is 27.7. The van der Waals surface area contributed by atoms with Crippen LogP contribution >= 0.6 is 11.3 Å². The van der Waals surface area contributed by atoms with Crippen LogP contribution in [0.15, 0.2) is 52.7 Å². The Hall–Kier alpha value is -2.33. The predicted molar refractivity (Wildman–Crippen MR) is 114 cm³/mol. The molecule has 0 unspecified atom stereocenters. The predicted octanol–water partition coefficient (Wildman–Crippen LogP) is 2.76. The Morgan fingerprint density at radius 1 is 1.10 bits per heavy atom. The smallest absolute Gasteiger partial charge is 0.243 e. The molecule has 4 rings (SSSR count). The zero-order chi connectivity index (χ0) is 20.4. The first-order chi connectivity index (χ1) is 13.9. The van der Waals surface area contributed by atoms with Gasteiger partial charge in [-0.05, 0) is 22.9 Å². The van der Waals surface area contributed by atoms with Gasteiger partial charge in [-0.25, -0.2) is 13.4 Å². The van der Waals surface area contributed by atoms with Crippen LogP contribution in [-0.4, -0.2) is 54.7 Å². The summed E-state index contributed by atoms with van der Waals surface area (Å²) in [7, 11) is -3.51. The van der Waals surface area contributed by atoms with Gasteiger partial charge >= 0.3 is 0 Å². The molecule has 9 heteroatoms. The highest BCUT2D eigenvalue weighted by atomic mass is 32.2. The van der Waals surface area contributed by atoms with Gasteiger partial charge in [0, 0.05) is 45.0 Å². The molecule has 0 aliphatic carbocycles. The highest BCUT2D eigenvalue weighted by molar-refractivity contribution is 7.89. The number of hydrogen-bond donors (Lipinski definition) is 1. The van der Waals surface area contributed by atoms with Gasteiger partial charge in [0.2, 0.25) is 15.9 Å². The number of benzene rings is 2. The number of aromatic nitrogens is 1.